The van der Waals surface area contributed by atoms with Crippen LogP contribution in [0.2, 0.25) is 0 Å². The van der Waals surface area contributed by atoms with Gasteiger partial charge in [0.1, 0.15) is 0 Å². The van der Waals surface area contributed by atoms with Gasteiger partial charge in [-0.2, -0.15) is 0 Å². The zero-order valence-corrected chi connectivity index (χ0v) is 13.3. The second kappa shape index (κ2) is 6.18. The number of ether oxygens (including phenoxy) is 2. The molecule has 0 saturated carbocycles. The van der Waals surface area contributed by atoms with Crippen molar-refractivity contribution in [2.75, 3.05) is 18.9 Å². The minimum Gasteiger partial charge on any atom is -0.490 e. The molecule has 1 aromatic heterocycles. The van der Waals surface area contributed by atoms with Crippen molar-refractivity contribution in [3.05, 3.63) is 28.6 Å². The van der Waals surface area contributed by atoms with E-state index in [0.29, 0.717) is 19.0 Å². The van der Waals surface area contributed by atoms with Crippen LogP contribution in [0.4, 0.5) is 5.69 Å². The zero-order valence-electron chi connectivity index (χ0n) is 12.4. The molecule has 0 atom stereocenters. The topological polar surface area (TPSA) is 44.5 Å². The lowest BCUT2D eigenvalue weighted by atomic mass is 10.1. The second-order valence-electron chi connectivity index (χ2n) is 4.62. The Balaban J connectivity index is 2.53. The first-order chi connectivity index (χ1) is 9.56. The largest absolute Gasteiger partial charge is 0.490 e. The number of hydrogen-bond donors (Lipinski definition) is 1. The van der Waals surface area contributed by atoms with E-state index in [-0.39, 0.29) is 0 Å². The van der Waals surface area contributed by atoms with Gasteiger partial charge in [0, 0.05) is 27.1 Å². The van der Waals surface area contributed by atoms with E-state index in [4.69, 9.17) is 15.2 Å². The molecule has 0 spiro atoms. The molecule has 0 bridgehead atoms. The quantitative estimate of drug-likeness (QED) is 0.830. The summed E-state index contributed by atoms with van der Waals surface area (Å²) in [6.45, 7) is 9.32. The third-order valence-corrected chi connectivity index (χ3v) is 4.19. The van der Waals surface area contributed by atoms with E-state index in [0.717, 1.165) is 17.0 Å². The van der Waals surface area contributed by atoms with Crippen molar-refractivity contribution in [3.63, 3.8) is 0 Å². The van der Waals surface area contributed by atoms with E-state index in [1.54, 1.807) is 11.3 Å². The van der Waals surface area contributed by atoms with Crippen LogP contribution < -0.4 is 15.2 Å². The molecule has 0 saturated heterocycles. The molecule has 1 heterocycles. The fourth-order valence-electron chi connectivity index (χ4n) is 2.22. The van der Waals surface area contributed by atoms with Crippen molar-refractivity contribution in [2.24, 2.45) is 0 Å². The summed E-state index contributed by atoms with van der Waals surface area (Å²) in [4.78, 5) is 2.48. The molecule has 0 radical (unpaired) electrons. The van der Waals surface area contributed by atoms with Gasteiger partial charge in [-0.05, 0) is 45.4 Å². The summed E-state index contributed by atoms with van der Waals surface area (Å²) in [5.41, 5.74) is 9.18. The normalized spacial score (nSPS) is 10.6. The molecule has 20 heavy (non-hydrogen) atoms. The number of anilines is 1. The summed E-state index contributed by atoms with van der Waals surface area (Å²) in [6, 6.07) is 6.02. The SMILES string of the molecule is CCOc1cc(N)c(-c2sc(C)cc2C)cc1OCC. The first kappa shape index (κ1) is 14.7. The molecule has 0 aliphatic rings. The van der Waals surface area contributed by atoms with E-state index >= 15 is 0 Å². The monoisotopic (exact) mass is 291 g/mol. The molecule has 2 aromatic rings. The van der Waals surface area contributed by atoms with E-state index in [2.05, 4.69) is 19.9 Å². The van der Waals surface area contributed by atoms with Crippen LogP contribution in [-0.2, 0) is 0 Å². The minimum atomic E-state index is 0.593. The summed E-state index contributed by atoms with van der Waals surface area (Å²) < 4.78 is 11.3. The number of nitrogens with two attached hydrogens (primary N) is 1. The Labute approximate surface area is 124 Å². The van der Waals surface area contributed by atoms with Crippen molar-refractivity contribution >= 4 is 17.0 Å². The standard InChI is InChI=1S/C16H21NO2S/c1-5-18-14-8-12(13(17)9-15(14)19-6-2)16-10(3)7-11(4)20-16/h7-9H,5-6,17H2,1-4H3. The molecular formula is C16H21NO2S. The maximum absolute atomic E-state index is 6.20. The van der Waals surface area contributed by atoms with Gasteiger partial charge in [-0.3, -0.25) is 0 Å². The molecule has 0 aliphatic heterocycles. The maximum atomic E-state index is 6.20. The average molecular weight is 291 g/mol. The lowest BCUT2D eigenvalue weighted by molar-refractivity contribution is 0.288. The molecule has 2 rings (SSSR count). The van der Waals surface area contributed by atoms with Gasteiger partial charge in [0.2, 0.25) is 0 Å². The van der Waals surface area contributed by atoms with E-state index in [1.165, 1.54) is 15.3 Å². The first-order valence-corrected chi connectivity index (χ1v) is 7.65. The number of benzene rings is 1. The highest BCUT2D eigenvalue weighted by Gasteiger charge is 2.14. The third kappa shape index (κ3) is 2.90. The lowest BCUT2D eigenvalue weighted by Crippen LogP contribution is -2.01. The molecule has 0 fully saturated rings. The fourth-order valence-corrected chi connectivity index (χ4v) is 3.28. The van der Waals surface area contributed by atoms with Crippen molar-refractivity contribution < 1.29 is 9.47 Å². The van der Waals surface area contributed by atoms with Crippen molar-refractivity contribution in [2.45, 2.75) is 27.7 Å². The Hall–Kier alpha value is -1.68. The molecule has 4 heteroatoms. The van der Waals surface area contributed by atoms with E-state index in [9.17, 15) is 0 Å². The predicted molar refractivity (Wildman–Crippen MR) is 86.0 cm³/mol. The van der Waals surface area contributed by atoms with Gasteiger partial charge in [-0.1, -0.05) is 0 Å². The van der Waals surface area contributed by atoms with Crippen LogP contribution in [0.5, 0.6) is 11.5 Å². The third-order valence-electron chi connectivity index (χ3n) is 3.00. The van der Waals surface area contributed by atoms with Crippen LogP contribution in [0.1, 0.15) is 24.3 Å². The van der Waals surface area contributed by atoms with Crippen molar-refractivity contribution in [1.29, 1.82) is 0 Å². The van der Waals surface area contributed by atoms with Gasteiger partial charge in [-0.25, -0.2) is 0 Å². The average Bonchev–Trinajstić information content (AvgIpc) is 2.72. The number of hydrogen-bond acceptors (Lipinski definition) is 4. The van der Waals surface area contributed by atoms with Gasteiger partial charge in [0.05, 0.1) is 13.2 Å². The summed E-state index contributed by atoms with van der Waals surface area (Å²) >= 11 is 1.75. The summed E-state index contributed by atoms with van der Waals surface area (Å²) in [7, 11) is 0. The summed E-state index contributed by atoms with van der Waals surface area (Å²) in [5, 5.41) is 0. The zero-order chi connectivity index (χ0) is 14.7. The van der Waals surface area contributed by atoms with Gasteiger partial charge in [-0.15, -0.1) is 11.3 Å². The molecule has 0 aliphatic carbocycles. The van der Waals surface area contributed by atoms with Crippen LogP contribution in [0.15, 0.2) is 18.2 Å². The van der Waals surface area contributed by atoms with Gasteiger partial charge in [0.25, 0.3) is 0 Å². The summed E-state index contributed by atoms with van der Waals surface area (Å²) in [6.07, 6.45) is 0. The molecule has 0 amide bonds. The molecule has 2 N–H and O–H groups in total. The Bertz CT molecular complexity index is 605. The number of aryl methyl sites for hydroxylation is 2. The van der Waals surface area contributed by atoms with Crippen molar-refractivity contribution in [1.82, 2.24) is 0 Å². The van der Waals surface area contributed by atoms with Crippen LogP contribution in [0.3, 0.4) is 0 Å². The van der Waals surface area contributed by atoms with Crippen LogP contribution in [0, 0.1) is 13.8 Å². The Morgan fingerprint density at radius 1 is 1.00 bits per heavy atom. The Morgan fingerprint density at radius 2 is 1.60 bits per heavy atom. The number of thiophene rings is 1. The first-order valence-electron chi connectivity index (χ1n) is 6.83. The van der Waals surface area contributed by atoms with E-state index < -0.39 is 0 Å². The van der Waals surface area contributed by atoms with E-state index in [1.807, 2.05) is 26.0 Å². The molecule has 0 unspecified atom stereocenters. The number of nitrogen functional groups attached to an aromatic ring is 1. The molecule has 1 aromatic carbocycles. The molecule has 3 nitrogen and oxygen atoms in total. The Kier molecular flexibility index (Phi) is 4.55. The highest BCUT2D eigenvalue weighted by Crippen LogP contribution is 2.41. The minimum absolute atomic E-state index is 0.593. The van der Waals surface area contributed by atoms with Crippen molar-refractivity contribution in [3.8, 4) is 21.9 Å². The predicted octanol–water partition coefficient (Wildman–Crippen LogP) is 4.41. The van der Waals surface area contributed by atoms with Crippen LogP contribution in [-0.4, -0.2) is 13.2 Å². The van der Waals surface area contributed by atoms with Gasteiger partial charge in [0.15, 0.2) is 11.5 Å². The van der Waals surface area contributed by atoms with Gasteiger partial charge < -0.3 is 15.2 Å². The Morgan fingerprint density at radius 3 is 2.10 bits per heavy atom. The van der Waals surface area contributed by atoms with Crippen LogP contribution in [0.25, 0.3) is 10.4 Å². The smallest absolute Gasteiger partial charge is 0.163 e. The fraction of sp³-hybridized carbons (Fsp3) is 0.375. The highest BCUT2D eigenvalue weighted by molar-refractivity contribution is 7.15. The second-order valence-corrected chi connectivity index (χ2v) is 5.88. The maximum Gasteiger partial charge on any atom is 0.163 e. The molecular weight excluding hydrogens is 270 g/mol. The summed E-state index contributed by atoms with van der Waals surface area (Å²) in [5.74, 6) is 1.46. The van der Waals surface area contributed by atoms with Crippen LogP contribution >= 0.6 is 11.3 Å². The highest BCUT2D eigenvalue weighted by atomic mass is 32.1. The number of rotatable bonds is 5. The van der Waals surface area contributed by atoms with Gasteiger partial charge >= 0.3 is 0 Å². The molecule has 108 valence electrons. The lowest BCUT2D eigenvalue weighted by Gasteiger charge is -2.14.